The predicted octanol–water partition coefficient (Wildman–Crippen LogP) is 4.40. The monoisotopic (exact) mass is 336 g/mol. The summed E-state index contributed by atoms with van der Waals surface area (Å²) in [4.78, 5) is 20.8. The molecule has 0 atom stereocenters. The third-order valence-corrected chi connectivity index (χ3v) is 3.94. The molecule has 0 fully saturated rings. The molecule has 0 unspecified atom stereocenters. The zero-order valence-corrected chi connectivity index (χ0v) is 13.9. The van der Waals surface area contributed by atoms with E-state index < -0.39 is 0 Å². The summed E-state index contributed by atoms with van der Waals surface area (Å²) in [7, 11) is 0. The highest BCUT2D eigenvalue weighted by molar-refractivity contribution is 7.14. The SMILES string of the molecule is C=C(C)Nc1ccc(C(=O)Nc2nc(-c3cccnc3)cs2)cc1. The van der Waals surface area contributed by atoms with Crippen molar-refractivity contribution in [1.29, 1.82) is 0 Å². The molecule has 120 valence electrons. The Bertz CT molecular complexity index is 856. The lowest BCUT2D eigenvalue weighted by molar-refractivity contribution is 0.102. The van der Waals surface area contributed by atoms with Crippen LogP contribution < -0.4 is 10.6 Å². The van der Waals surface area contributed by atoms with Crippen LogP contribution >= 0.6 is 11.3 Å². The van der Waals surface area contributed by atoms with Gasteiger partial charge >= 0.3 is 0 Å². The summed E-state index contributed by atoms with van der Waals surface area (Å²) in [5, 5.41) is 8.37. The number of pyridine rings is 1. The fourth-order valence-electron chi connectivity index (χ4n) is 2.10. The van der Waals surface area contributed by atoms with Gasteiger partial charge in [0.05, 0.1) is 5.69 Å². The Hall–Kier alpha value is -2.99. The van der Waals surface area contributed by atoms with Crippen LogP contribution in [0.25, 0.3) is 11.3 Å². The van der Waals surface area contributed by atoms with Crippen LogP contribution in [-0.4, -0.2) is 15.9 Å². The van der Waals surface area contributed by atoms with Gasteiger partial charge in [0, 0.05) is 40.3 Å². The van der Waals surface area contributed by atoms with Crippen molar-refractivity contribution in [2.75, 3.05) is 10.6 Å². The first-order valence-corrected chi connectivity index (χ1v) is 8.19. The number of aromatic nitrogens is 2. The first kappa shape index (κ1) is 15.9. The van der Waals surface area contributed by atoms with Gasteiger partial charge in [-0.2, -0.15) is 0 Å². The van der Waals surface area contributed by atoms with Crippen molar-refractivity contribution >= 4 is 28.1 Å². The zero-order chi connectivity index (χ0) is 16.9. The molecular formula is C18H16N4OS. The van der Waals surface area contributed by atoms with Gasteiger partial charge in [-0.05, 0) is 43.3 Å². The molecule has 0 aliphatic rings. The topological polar surface area (TPSA) is 66.9 Å². The Morgan fingerprint density at radius 3 is 2.62 bits per heavy atom. The number of nitrogens with one attached hydrogen (secondary N) is 2. The fraction of sp³-hybridized carbons (Fsp3) is 0.0556. The Labute approximate surface area is 144 Å². The second-order valence-corrected chi connectivity index (χ2v) is 6.07. The second-order valence-electron chi connectivity index (χ2n) is 5.22. The highest BCUT2D eigenvalue weighted by atomic mass is 32.1. The minimum Gasteiger partial charge on any atom is -0.360 e. The molecule has 3 rings (SSSR count). The van der Waals surface area contributed by atoms with Crippen molar-refractivity contribution in [3.63, 3.8) is 0 Å². The van der Waals surface area contributed by atoms with Gasteiger partial charge in [-0.25, -0.2) is 4.98 Å². The maximum atomic E-state index is 12.3. The third kappa shape index (κ3) is 3.85. The quantitative estimate of drug-likeness (QED) is 0.724. The molecule has 0 aliphatic carbocycles. The molecule has 0 saturated heterocycles. The van der Waals surface area contributed by atoms with Gasteiger partial charge < -0.3 is 5.32 Å². The van der Waals surface area contributed by atoms with Crippen LogP contribution in [0.15, 0.2) is 66.4 Å². The normalized spacial score (nSPS) is 10.2. The number of hydrogen-bond donors (Lipinski definition) is 2. The zero-order valence-electron chi connectivity index (χ0n) is 13.1. The van der Waals surface area contributed by atoms with Gasteiger partial charge in [-0.3, -0.25) is 15.1 Å². The van der Waals surface area contributed by atoms with Gasteiger partial charge in [-0.1, -0.05) is 6.58 Å². The van der Waals surface area contributed by atoms with E-state index in [0.717, 1.165) is 22.6 Å². The molecule has 2 heterocycles. The van der Waals surface area contributed by atoms with Crippen molar-refractivity contribution in [3.05, 3.63) is 72.0 Å². The van der Waals surface area contributed by atoms with E-state index in [1.54, 1.807) is 24.5 Å². The van der Waals surface area contributed by atoms with E-state index in [1.165, 1.54) is 11.3 Å². The van der Waals surface area contributed by atoms with Crippen LogP contribution in [0.4, 0.5) is 10.8 Å². The standard InChI is InChI=1S/C18H16N4OS/c1-12(2)20-15-7-5-13(6-8-15)17(23)22-18-21-16(11-24-18)14-4-3-9-19-10-14/h3-11,20H,1H2,2H3,(H,21,22,23). The van der Waals surface area contributed by atoms with Crippen molar-refractivity contribution in [3.8, 4) is 11.3 Å². The number of allylic oxidation sites excluding steroid dienone is 1. The lowest BCUT2D eigenvalue weighted by atomic mass is 10.2. The minimum atomic E-state index is -0.191. The number of rotatable bonds is 5. The van der Waals surface area contributed by atoms with Crippen molar-refractivity contribution in [1.82, 2.24) is 9.97 Å². The molecule has 0 bridgehead atoms. The van der Waals surface area contributed by atoms with Crippen LogP contribution in [0, 0.1) is 0 Å². The van der Waals surface area contributed by atoms with E-state index in [1.807, 2.05) is 36.6 Å². The highest BCUT2D eigenvalue weighted by Gasteiger charge is 2.10. The minimum absolute atomic E-state index is 0.191. The Balaban J connectivity index is 1.69. The largest absolute Gasteiger partial charge is 0.360 e. The summed E-state index contributed by atoms with van der Waals surface area (Å²) >= 11 is 1.38. The number of thiazole rings is 1. The first-order valence-electron chi connectivity index (χ1n) is 7.32. The predicted molar refractivity (Wildman–Crippen MR) is 98.2 cm³/mol. The summed E-state index contributed by atoms with van der Waals surface area (Å²) in [6.45, 7) is 5.67. The second kappa shape index (κ2) is 7.06. The number of amides is 1. The lowest BCUT2D eigenvalue weighted by Gasteiger charge is -2.06. The van der Waals surface area contributed by atoms with Gasteiger partial charge in [0.25, 0.3) is 5.91 Å². The number of nitrogens with zero attached hydrogens (tertiary/aromatic N) is 2. The number of benzene rings is 1. The van der Waals surface area contributed by atoms with Gasteiger partial charge in [0.1, 0.15) is 0 Å². The molecule has 1 aromatic carbocycles. The average Bonchev–Trinajstić information content (AvgIpc) is 3.04. The molecule has 0 radical (unpaired) electrons. The van der Waals surface area contributed by atoms with Gasteiger partial charge in [0.2, 0.25) is 0 Å². The van der Waals surface area contributed by atoms with Crippen molar-refractivity contribution in [2.24, 2.45) is 0 Å². The maximum Gasteiger partial charge on any atom is 0.257 e. The van der Waals surface area contributed by atoms with Crippen LogP contribution in [-0.2, 0) is 0 Å². The molecule has 0 saturated carbocycles. The number of hydrogen-bond acceptors (Lipinski definition) is 5. The lowest BCUT2D eigenvalue weighted by Crippen LogP contribution is -2.11. The molecule has 2 aromatic heterocycles. The van der Waals surface area contributed by atoms with Gasteiger partial charge in [0.15, 0.2) is 5.13 Å². The molecule has 1 amide bonds. The van der Waals surface area contributed by atoms with Crippen LogP contribution in [0.3, 0.4) is 0 Å². The Morgan fingerprint density at radius 2 is 1.96 bits per heavy atom. The summed E-state index contributed by atoms with van der Waals surface area (Å²) in [5.41, 5.74) is 4.03. The van der Waals surface area contributed by atoms with E-state index in [9.17, 15) is 4.79 Å². The smallest absolute Gasteiger partial charge is 0.257 e. The number of anilines is 2. The van der Waals surface area contributed by atoms with Gasteiger partial charge in [-0.15, -0.1) is 11.3 Å². The maximum absolute atomic E-state index is 12.3. The molecule has 5 nitrogen and oxygen atoms in total. The van der Waals surface area contributed by atoms with Crippen LogP contribution in [0.2, 0.25) is 0 Å². The molecule has 6 heteroatoms. The molecule has 24 heavy (non-hydrogen) atoms. The molecule has 2 N–H and O–H groups in total. The molecule has 0 spiro atoms. The Morgan fingerprint density at radius 1 is 1.17 bits per heavy atom. The van der Waals surface area contributed by atoms with E-state index in [-0.39, 0.29) is 5.91 Å². The van der Waals surface area contributed by atoms with Crippen LogP contribution in [0.1, 0.15) is 17.3 Å². The molecule has 3 aromatic rings. The van der Waals surface area contributed by atoms with E-state index in [0.29, 0.717) is 10.7 Å². The number of carbonyl (C=O) groups excluding carboxylic acids is 1. The van der Waals surface area contributed by atoms with Crippen molar-refractivity contribution in [2.45, 2.75) is 6.92 Å². The van der Waals surface area contributed by atoms with E-state index >= 15 is 0 Å². The fourth-order valence-corrected chi connectivity index (χ4v) is 2.81. The summed E-state index contributed by atoms with van der Waals surface area (Å²) in [6.07, 6.45) is 3.46. The Kier molecular flexibility index (Phi) is 4.67. The first-order chi connectivity index (χ1) is 11.6. The van der Waals surface area contributed by atoms with E-state index in [4.69, 9.17) is 0 Å². The van der Waals surface area contributed by atoms with Crippen LogP contribution in [0.5, 0.6) is 0 Å². The summed E-state index contributed by atoms with van der Waals surface area (Å²) < 4.78 is 0. The molecule has 0 aliphatic heterocycles. The highest BCUT2D eigenvalue weighted by Crippen LogP contribution is 2.24. The van der Waals surface area contributed by atoms with Crippen molar-refractivity contribution < 1.29 is 4.79 Å². The summed E-state index contributed by atoms with van der Waals surface area (Å²) in [5.74, 6) is -0.191. The average molecular weight is 336 g/mol. The van der Waals surface area contributed by atoms with E-state index in [2.05, 4.69) is 27.2 Å². The third-order valence-electron chi connectivity index (χ3n) is 3.19. The molecular weight excluding hydrogens is 320 g/mol. The number of carbonyl (C=O) groups is 1. The summed E-state index contributed by atoms with van der Waals surface area (Å²) in [6, 6.07) is 11.0.